The van der Waals surface area contributed by atoms with Gasteiger partial charge in [-0.2, -0.15) is 0 Å². The first kappa shape index (κ1) is 22.0. The molecule has 0 atom stereocenters. The molecule has 0 unspecified atom stereocenters. The van der Waals surface area contributed by atoms with Crippen LogP contribution in [0, 0.1) is 6.92 Å². The van der Waals surface area contributed by atoms with Gasteiger partial charge in [-0.3, -0.25) is 9.79 Å². The van der Waals surface area contributed by atoms with Gasteiger partial charge in [0.25, 0.3) is 5.91 Å². The molecule has 0 spiro atoms. The number of hydrogen-bond donors (Lipinski definition) is 2. The molecule has 5 nitrogen and oxygen atoms in total. The fraction of sp³-hybridized carbons (Fsp3) is 0.300. The second kappa shape index (κ2) is 10.8. The van der Waals surface area contributed by atoms with E-state index in [1.807, 2.05) is 31.3 Å². The van der Waals surface area contributed by atoms with Crippen molar-refractivity contribution in [2.75, 3.05) is 21.1 Å². The molecule has 0 aliphatic carbocycles. The SMILES string of the molecule is CN=C(NCc1ccc(C(=O)NC)cc1)N(C)Cc1ccc(C)cc1.I. The first-order chi connectivity index (χ1) is 12.0. The van der Waals surface area contributed by atoms with Crippen LogP contribution in [0.1, 0.15) is 27.0 Å². The highest BCUT2D eigenvalue weighted by molar-refractivity contribution is 14.0. The Morgan fingerprint density at radius 2 is 1.62 bits per heavy atom. The Hall–Kier alpha value is -2.09. The highest BCUT2D eigenvalue weighted by atomic mass is 127. The van der Waals surface area contributed by atoms with Crippen LogP contribution in [0.2, 0.25) is 0 Å². The average Bonchev–Trinajstić information content (AvgIpc) is 2.64. The Labute approximate surface area is 172 Å². The number of nitrogens with one attached hydrogen (secondary N) is 2. The topological polar surface area (TPSA) is 56.7 Å². The Balaban J connectivity index is 0.00000338. The summed E-state index contributed by atoms with van der Waals surface area (Å²) < 4.78 is 0. The summed E-state index contributed by atoms with van der Waals surface area (Å²) in [4.78, 5) is 18.0. The lowest BCUT2D eigenvalue weighted by Crippen LogP contribution is -2.38. The molecule has 0 fully saturated rings. The number of guanidine groups is 1. The van der Waals surface area contributed by atoms with Gasteiger partial charge in [0, 0.05) is 39.8 Å². The zero-order valence-corrected chi connectivity index (χ0v) is 18.1. The summed E-state index contributed by atoms with van der Waals surface area (Å²) in [6.45, 7) is 3.53. The Morgan fingerprint density at radius 1 is 1.04 bits per heavy atom. The van der Waals surface area contributed by atoms with Crippen molar-refractivity contribution in [3.8, 4) is 0 Å². The predicted molar refractivity (Wildman–Crippen MR) is 118 cm³/mol. The number of aliphatic imine (C=N–C) groups is 1. The normalized spacial score (nSPS) is 10.7. The molecule has 0 saturated heterocycles. The molecular formula is C20H27IN4O. The van der Waals surface area contributed by atoms with Gasteiger partial charge in [0.2, 0.25) is 0 Å². The minimum absolute atomic E-state index is 0. The van der Waals surface area contributed by atoms with Crippen LogP contribution in [0.15, 0.2) is 53.5 Å². The van der Waals surface area contributed by atoms with E-state index in [1.165, 1.54) is 11.1 Å². The van der Waals surface area contributed by atoms with E-state index in [4.69, 9.17) is 0 Å². The van der Waals surface area contributed by atoms with Gasteiger partial charge in [0.05, 0.1) is 0 Å². The van der Waals surface area contributed by atoms with Crippen LogP contribution in [-0.4, -0.2) is 37.9 Å². The molecule has 0 bridgehead atoms. The van der Waals surface area contributed by atoms with Gasteiger partial charge in [-0.1, -0.05) is 42.0 Å². The van der Waals surface area contributed by atoms with Crippen molar-refractivity contribution in [2.45, 2.75) is 20.0 Å². The quantitative estimate of drug-likeness (QED) is 0.405. The number of carbonyl (C=O) groups excluding carboxylic acids is 1. The van der Waals surface area contributed by atoms with Gasteiger partial charge in [-0.15, -0.1) is 24.0 Å². The van der Waals surface area contributed by atoms with E-state index >= 15 is 0 Å². The van der Waals surface area contributed by atoms with Gasteiger partial charge < -0.3 is 15.5 Å². The third kappa shape index (κ3) is 6.33. The van der Waals surface area contributed by atoms with Crippen LogP contribution in [-0.2, 0) is 13.1 Å². The summed E-state index contributed by atoms with van der Waals surface area (Å²) >= 11 is 0. The molecule has 140 valence electrons. The average molecular weight is 466 g/mol. The summed E-state index contributed by atoms with van der Waals surface area (Å²) in [6.07, 6.45) is 0. The number of aryl methyl sites for hydroxylation is 1. The van der Waals surface area contributed by atoms with Crippen molar-refractivity contribution in [1.29, 1.82) is 0 Å². The lowest BCUT2D eigenvalue weighted by atomic mass is 10.1. The lowest BCUT2D eigenvalue weighted by Gasteiger charge is -2.22. The van der Waals surface area contributed by atoms with E-state index in [2.05, 4.69) is 51.7 Å². The monoisotopic (exact) mass is 466 g/mol. The molecule has 0 heterocycles. The fourth-order valence-corrected chi connectivity index (χ4v) is 2.53. The number of benzene rings is 2. The molecular weight excluding hydrogens is 439 g/mol. The maximum absolute atomic E-state index is 11.6. The van der Waals surface area contributed by atoms with E-state index in [0.717, 1.165) is 18.1 Å². The molecule has 2 N–H and O–H groups in total. The van der Waals surface area contributed by atoms with Crippen LogP contribution in [0.25, 0.3) is 0 Å². The van der Waals surface area contributed by atoms with Gasteiger partial charge in [0.15, 0.2) is 5.96 Å². The number of amides is 1. The summed E-state index contributed by atoms with van der Waals surface area (Å²) in [5, 5.41) is 5.98. The molecule has 1 amide bonds. The van der Waals surface area contributed by atoms with E-state index in [-0.39, 0.29) is 29.9 Å². The maximum atomic E-state index is 11.6. The Morgan fingerprint density at radius 3 is 2.15 bits per heavy atom. The van der Waals surface area contributed by atoms with Gasteiger partial charge >= 0.3 is 0 Å². The van der Waals surface area contributed by atoms with Gasteiger partial charge in [-0.25, -0.2) is 0 Å². The molecule has 0 aliphatic heterocycles. The largest absolute Gasteiger partial charge is 0.355 e. The Bertz CT molecular complexity index is 726. The van der Waals surface area contributed by atoms with Crippen LogP contribution >= 0.6 is 24.0 Å². The van der Waals surface area contributed by atoms with Crippen molar-refractivity contribution in [1.82, 2.24) is 15.5 Å². The standard InChI is InChI=1S/C20H26N4O.HI/c1-15-5-7-17(8-6-15)14-24(4)20(22-3)23-13-16-9-11-18(12-10-16)19(25)21-2;/h5-12H,13-14H2,1-4H3,(H,21,25)(H,22,23);1H. The van der Waals surface area contributed by atoms with E-state index in [0.29, 0.717) is 12.1 Å². The third-order valence-corrected chi connectivity index (χ3v) is 4.01. The Kier molecular flexibility index (Phi) is 9.12. The molecule has 0 aromatic heterocycles. The number of halogens is 1. The second-order valence-electron chi connectivity index (χ2n) is 6.02. The molecule has 2 rings (SSSR count). The zero-order valence-electron chi connectivity index (χ0n) is 15.7. The van der Waals surface area contributed by atoms with E-state index in [9.17, 15) is 4.79 Å². The fourth-order valence-electron chi connectivity index (χ4n) is 2.53. The molecule has 0 radical (unpaired) electrons. The second-order valence-corrected chi connectivity index (χ2v) is 6.02. The summed E-state index contributed by atoms with van der Waals surface area (Å²) in [6, 6.07) is 16.1. The summed E-state index contributed by atoms with van der Waals surface area (Å²) in [5.74, 6) is 0.754. The lowest BCUT2D eigenvalue weighted by molar-refractivity contribution is 0.0963. The van der Waals surface area contributed by atoms with Gasteiger partial charge in [-0.05, 0) is 30.2 Å². The van der Waals surface area contributed by atoms with Crippen LogP contribution < -0.4 is 10.6 Å². The summed E-state index contributed by atoms with van der Waals surface area (Å²) in [7, 11) is 5.43. The molecule has 0 aliphatic rings. The first-order valence-electron chi connectivity index (χ1n) is 8.32. The smallest absolute Gasteiger partial charge is 0.251 e. The number of rotatable bonds is 5. The number of carbonyl (C=O) groups is 1. The minimum Gasteiger partial charge on any atom is -0.355 e. The molecule has 6 heteroatoms. The number of nitrogens with zero attached hydrogens (tertiary/aromatic N) is 2. The van der Waals surface area contributed by atoms with Gasteiger partial charge in [0.1, 0.15) is 0 Å². The van der Waals surface area contributed by atoms with Crippen molar-refractivity contribution in [2.24, 2.45) is 4.99 Å². The van der Waals surface area contributed by atoms with Crippen LogP contribution in [0.3, 0.4) is 0 Å². The van der Waals surface area contributed by atoms with Crippen molar-refractivity contribution < 1.29 is 4.79 Å². The van der Waals surface area contributed by atoms with E-state index in [1.54, 1.807) is 14.1 Å². The van der Waals surface area contributed by atoms with Crippen molar-refractivity contribution >= 4 is 35.8 Å². The minimum atomic E-state index is -0.0758. The zero-order chi connectivity index (χ0) is 18.2. The third-order valence-electron chi connectivity index (χ3n) is 4.01. The van der Waals surface area contributed by atoms with Crippen LogP contribution in [0.5, 0.6) is 0 Å². The maximum Gasteiger partial charge on any atom is 0.251 e. The highest BCUT2D eigenvalue weighted by Gasteiger charge is 2.07. The molecule has 2 aromatic carbocycles. The molecule has 0 saturated carbocycles. The van der Waals surface area contributed by atoms with Crippen LogP contribution in [0.4, 0.5) is 0 Å². The first-order valence-corrected chi connectivity index (χ1v) is 8.32. The summed E-state index contributed by atoms with van der Waals surface area (Å²) in [5.41, 5.74) is 4.25. The number of hydrogen-bond acceptors (Lipinski definition) is 2. The van der Waals surface area contributed by atoms with Crippen molar-refractivity contribution in [3.05, 3.63) is 70.8 Å². The predicted octanol–water partition coefficient (Wildman–Crippen LogP) is 3.18. The highest BCUT2D eigenvalue weighted by Crippen LogP contribution is 2.07. The van der Waals surface area contributed by atoms with Crippen molar-refractivity contribution in [3.63, 3.8) is 0 Å². The molecule has 26 heavy (non-hydrogen) atoms. The molecule has 2 aromatic rings. The van der Waals surface area contributed by atoms with E-state index < -0.39 is 0 Å².